The Morgan fingerprint density at radius 3 is 2.85 bits per heavy atom. The Labute approximate surface area is 197 Å². The zero-order valence-electron chi connectivity index (χ0n) is 18.5. The third-order valence-corrected chi connectivity index (χ3v) is 7.74. The minimum absolute atomic E-state index is 0.206. The van der Waals surface area contributed by atoms with Crippen molar-refractivity contribution >= 4 is 55.8 Å². The zero-order chi connectivity index (χ0) is 23.3. The van der Waals surface area contributed by atoms with Crippen LogP contribution in [0.1, 0.15) is 45.7 Å². The van der Waals surface area contributed by atoms with E-state index in [0.29, 0.717) is 31.6 Å². The second-order valence-corrected chi connectivity index (χ2v) is 10.00. The van der Waals surface area contributed by atoms with Gasteiger partial charge in [0.05, 0.1) is 22.8 Å². The van der Waals surface area contributed by atoms with Crippen LogP contribution in [0.15, 0.2) is 40.3 Å². The Bertz CT molecular complexity index is 1600. The Morgan fingerprint density at radius 1 is 1.27 bits per heavy atom. The smallest absolute Gasteiger partial charge is 0.348 e. The molecule has 0 fully saturated rings. The fourth-order valence-corrected chi connectivity index (χ4v) is 5.92. The fourth-order valence-electron chi connectivity index (χ4n) is 3.91. The summed E-state index contributed by atoms with van der Waals surface area (Å²) >= 11 is 2.65. The van der Waals surface area contributed by atoms with Crippen molar-refractivity contribution in [3.8, 4) is 0 Å². The number of aromatic amines is 1. The van der Waals surface area contributed by atoms with Gasteiger partial charge in [0.15, 0.2) is 10.8 Å². The molecule has 4 heterocycles. The summed E-state index contributed by atoms with van der Waals surface area (Å²) in [6.45, 7) is 7.79. The number of carbonyl (C=O) groups excluding carboxylic acids is 1. The summed E-state index contributed by atoms with van der Waals surface area (Å²) in [4.78, 5) is 33.6. The number of fused-ring (bicyclic) bond motifs is 4. The van der Waals surface area contributed by atoms with Gasteiger partial charge in [0.25, 0.3) is 5.56 Å². The van der Waals surface area contributed by atoms with Crippen LogP contribution in [-0.4, -0.2) is 37.1 Å². The van der Waals surface area contributed by atoms with Gasteiger partial charge in [-0.1, -0.05) is 30.0 Å². The van der Waals surface area contributed by atoms with Crippen molar-refractivity contribution in [3.63, 3.8) is 0 Å². The number of aromatic nitrogens is 5. The minimum Gasteiger partial charge on any atom is -0.462 e. The molecule has 0 saturated heterocycles. The summed E-state index contributed by atoms with van der Waals surface area (Å²) in [7, 11) is 0. The standard InChI is InChI=1S/C23H21N5O3S2/c1-5-31-22(30)18-12(3)17-20(29)24-19(25-21(17)33-18)13(4)32-23-27-26-16-10-11(2)14-8-6-7-9-15(14)28(16)23/h6-10,13H,5H2,1-4H3,(H,24,25,29). The molecule has 1 unspecified atom stereocenters. The van der Waals surface area contributed by atoms with Gasteiger partial charge >= 0.3 is 5.97 Å². The molecule has 5 aromatic rings. The van der Waals surface area contributed by atoms with Gasteiger partial charge in [-0.05, 0) is 51.0 Å². The van der Waals surface area contributed by atoms with Gasteiger partial charge in [-0.2, -0.15) is 0 Å². The second kappa shape index (κ2) is 8.27. The highest BCUT2D eigenvalue weighted by Crippen LogP contribution is 2.35. The number of nitrogens with one attached hydrogen (secondary N) is 1. The molecule has 1 aromatic carbocycles. The number of nitrogens with zero attached hydrogens (tertiary/aromatic N) is 4. The largest absolute Gasteiger partial charge is 0.462 e. The van der Waals surface area contributed by atoms with Gasteiger partial charge in [0, 0.05) is 5.39 Å². The average molecular weight is 480 g/mol. The molecule has 1 N–H and O–H groups in total. The van der Waals surface area contributed by atoms with Crippen LogP contribution in [0.25, 0.3) is 26.8 Å². The first kappa shape index (κ1) is 21.6. The number of thiophene rings is 1. The molecule has 0 aliphatic rings. The molecule has 1 atom stereocenters. The Morgan fingerprint density at radius 2 is 2.06 bits per heavy atom. The lowest BCUT2D eigenvalue weighted by atomic mass is 10.1. The van der Waals surface area contributed by atoms with Crippen LogP contribution in [0.4, 0.5) is 0 Å². The summed E-state index contributed by atoms with van der Waals surface area (Å²) in [6.07, 6.45) is 0. The molecule has 33 heavy (non-hydrogen) atoms. The van der Waals surface area contributed by atoms with Gasteiger partial charge in [0.1, 0.15) is 15.5 Å². The molecule has 0 amide bonds. The topological polar surface area (TPSA) is 102 Å². The summed E-state index contributed by atoms with van der Waals surface area (Å²) in [6, 6.07) is 10.1. The van der Waals surface area contributed by atoms with Gasteiger partial charge in [-0.3, -0.25) is 9.20 Å². The zero-order valence-corrected chi connectivity index (χ0v) is 20.1. The molecule has 10 heteroatoms. The van der Waals surface area contributed by atoms with Gasteiger partial charge in [-0.25, -0.2) is 9.78 Å². The predicted molar refractivity (Wildman–Crippen MR) is 130 cm³/mol. The maximum absolute atomic E-state index is 12.9. The molecule has 0 spiro atoms. The monoisotopic (exact) mass is 479 g/mol. The van der Waals surface area contributed by atoms with Gasteiger partial charge in [-0.15, -0.1) is 21.5 Å². The van der Waals surface area contributed by atoms with Crippen molar-refractivity contribution in [2.24, 2.45) is 0 Å². The number of hydrogen-bond donors (Lipinski definition) is 1. The fraction of sp³-hybridized carbons (Fsp3) is 0.261. The van der Waals surface area contributed by atoms with E-state index < -0.39 is 5.97 Å². The third kappa shape index (κ3) is 3.59. The van der Waals surface area contributed by atoms with E-state index in [1.54, 1.807) is 13.8 Å². The molecular formula is C23H21N5O3S2. The molecule has 0 radical (unpaired) electrons. The highest BCUT2D eigenvalue weighted by atomic mass is 32.2. The first-order valence-corrected chi connectivity index (χ1v) is 12.2. The van der Waals surface area contributed by atoms with E-state index in [4.69, 9.17) is 4.74 Å². The summed E-state index contributed by atoms with van der Waals surface area (Å²) in [5.41, 5.74) is 3.26. The number of thioether (sulfide) groups is 1. The quantitative estimate of drug-likeness (QED) is 0.285. The SMILES string of the molecule is CCOC(=O)c1sc2nc(C(C)Sc3nnc4cc(C)c5ccccc5n34)[nH]c(=O)c2c1C. The van der Waals surface area contributed by atoms with E-state index in [1.807, 2.05) is 35.6 Å². The van der Waals surface area contributed by atoms with Crippen LogP contribution in [0, 0.1) is 13.8 Å². The van der Waals surface area contributed by atoms with Gasteiger partial charge < -0.3 is 9.72 Å². The Hall–Kier alpha value is -3.24. The number of H-pyrrole nitrogens is 1. The lowest BCUT2D eigenvalue weighted by Crippen LogP contribution is -2.13. The van der Waals surface area contributed by atoms with Crippen LogP contribution in [0.3, 0.4) is 0 Å². The van der Waals surface area contributed by atoms with E-state index in [2.05, 4.69) is 33.2 Å². The van der Waals surface area contributed by atoms with E-state index in [0.717, 1.165) is 22.1 Å². The van der Waals surface area contributed by atoms with Crippen molar-refractivity contribution in [2.75, 3.05) is 6.61 Å². The lowest BCUT2D eigenvalue weighted by molar-refractivity contribution is 0.0531. The number of para-hydroxylation sites is 1. The summed E-state index contributed by atoms with van der Waals surface area (Å²) < 4.78 is 7.14. The maximum atomic E-state index is 12.9. The third-order valence-electron chi connectivity index (χ3n) is 5.52. The van der Waals surface area contributed by atoms with Crippen LogP contribution < -0.4 is 5.56 Å². The van der Waals surface area contributed by atoms with Crippen LogP contribution in [0.2, 0.25) is 0 Å². The molecule has 4 aromatic heterocycles. The second-order valence-electron chi connectivity index (χ2n) is 7.69. The average Bonchev–Trinajstić information content (AvgIpc) is 3.35. The number of esters is 1. The number of pyridine rings is 1. The van der Waals surface area contributed by atoms with Crippen molar-refractivity contribution < 1.29 is 9.53 Å². The van der Waals surface area contributed by atoms with E-state index in [9.17, 15) is 9.59 Å². The molecule has 0 aliphatic heterocycles. The molecule has 0 saturated carbocycles. The lowest BCUT2D eigenvalue weighted by Gasteiger charge is -2.11. The first-order chi connectivity index (χ1) is 15.9. The van der Waals surface area contributed by atoms with Crippen molar-refractivity contribution in [3.05, 3.63) is 62.5 Å². The van der Waals surface area contributed by atoms with Crippen molar-refractivity contribution in [1.82, 2.24) is 24.6 Å². The summed E-state index contributed by atoms with van der Waals surface area (Å²) in [5.74, 6) is 0.0841. The predicted octanol–water partition coefficient (Wildman–Crippen LogP) is 4.83. The molecule has 0 aliphatic carbocycles. The minimum atomic E-state index is -0.432. The number of hydrogen-bond acceptors (Lipinski definition) is 8. The number of ether oxygens (including phenoxy) is 1. The number of aryl methyl sites for hydroxylation is 2. The van der Waals surface area contributed by atoms with Crippen molar-refractivity contribution in [2.45, 2.75) is 38.1 Å². The highest BCUT2D eigenvalue weighted by molar-refractivity contribution is 7.99. The van der Waals surface area contributed by atoms with Crippen LogP contribution >= 0.6 is 23.1 Å². The molecule has 168 valence electrons. The normalized spacial score (nSPS) is 12.6. The summed E-state index contributed by atoms with van der Waals surface area (Å²) in [5, 5.41) is 10.8. The van der Waals surface area contributed by atoms with Gasteiger partial charge in [0.2, 0.25) is 0 Å². The molecule has 0 bridgehead atoms. The number of benzene rings is 1. The Kier molecular flexibility index (Phi) is 5.41. The van der Waals surface area contributed by atoms with E-state index in [1.165, 1.54) is 23.1 Å². The van der Waals surface area contributed by atoms with Crippen LogP contribution in [-0.2, 0) is 4.74 Å². The maximum Gasteiger partial charge on any atom is 0.348 e. The van der Waals surface area contributed by atoms with Crippen molar-refractivity contribution in [1.29, 1.82) is 0 Å². The van der Waals surface area contributed by atoms with E-state index >= 15 is 0 Å². The number of rotatable bonds is 5. The molecule has 8 nitrogen and oxygen atoms in total. The van der Waals surface area contributed by atoms with E-state index in [-0.39, 0.29) is 17.4 Å². The highest BCUT2D eigenvalue weighted by Gasteiger charge is 2.23. The number of carbonyl (C=O) groups is 1. The first-order valence-electron chi connectivity index (χ1n) is 10.5. The van der Waals surface area contributed by atoms with Crippen LogP contribution in [0.5, 0.6) is 0 Å². The molecular weight excluding hydrogens is 458 g/mol. The Balaban J connectivity index is 1.55. The molecule has 5 rings (SSSR count).